The van der Waals surface area contributed by atoms with Gasteiger partial charge in [-0.1, -0.05) is 129 Å². The summed E-state index contributed by atoms with van der Waals surface area (Å²) < 4.78 is 0. The van der Waals surface area contributed by atoms with Crippen molar-refractivity contribution >= 4 is 17.1 Å². The SMILES string of the molecule is c1ccc(-c2cccc(N(c3ccc4c(c3)-c3ccccc3C43C4CC[C@@H]5CC(C4)CC3C5)c3ccc4c(c3)C3(CCCCC3)c3ccccc3-4)c2)cc1. The lowest BCUT2D eigenvalue weighted by Gasteiger charge is -2.53. The van der Waals surface area contributed by atoms with Crippen molar-refractivity contribution in [2.75, 3.05) is 4.90 Å². The molecule has 0 amide bonds. The number of rotatable bonds is 4. The van der Waals surface area contributed by atoms with Crippen LogP contribution in [0.1, 0.15) is 92.9 Å². The van der Waals surface area contributed by atoms with E-state index in [0.717, 1.165) is 23.7 Å². The van der Waals surface area contributed by atoms with Crippen LogP contribution in [0.5, 0.6) is 0 Å². The van der Waals surface area contributed by atoms with Crippen molar-refractivity contribution in [2.24, 2.45) is 23.7 Å². The molecule has 5 fully saturated rings. The first kappa shape index (κ1) is 31.5. The van der Waals surface area contributed by atoms with Gasteiger partial charge in [0, 0.05) is 27.9 Å². The maximum Gasteiger partial charge on any atom is 0.0468 e. The van der Waals surface area contributed by atoms with Gasteiger partial charge in [0.15, 0.2) is 0 Å². The maximum absolute atomic E-state index is 2.60. The maximum atomic E-state index is 2.60. The molecule has 5 saturated carbocycles. The number of fused-ring (bicyclic) bond motifs is 9. The van der Waals surface area contributed by atoms with E-state index < -0.39 is 0 Å². The minimum Gasteiger partial charge on any atom is -0.310 e. The molecule has 54 heavy (non-hydrogen) atoms. The van der Waals surface area contributed by atoms with E-state index in [2.05, 4.69) is 144 Å². The molecule has 0 N–H and O–H groups in total. The van der Waals surface area contributed by atoms with Crippen molar-refractivity contribution < 1.29 is 0 Å². The average Bonchev–Trinajstić information content (AvgIpc) is 3.55. The van der Waals surface area contributed by atoms with Crippen molar-refractivity contribution in [2.45, 2.75) is 81.5 Å². The van der Waals surface area contributed by atoms with E-state index in [1.54, 1.807) is 22.3 Å². The van der Waals surface area contributed by atoms with Gasteiger partial charge in [-0.15, -0.1) is 0 Å². The zero-order valence-corrected chi connectivity index (χ0v) is 31.3. The summed E-state index contributed by atoms with van der Waals surface area (Å²) in [5.74, 6) is 3.39. The molecule has 6 aromatic carbocycles. The van der Waals surface area contributed by atoms with Crippen LogP contribution >= 0.6 is 0 Å². The van der Waals surface area contributed by atoms with Crippen LogP contribution in [0, 0.1) is 23.7 Å². The third-order valence-corrected chi connectivity index (χ3v) is 15.5. The Morgan fingerprint density at radius 3 is 1.93 bits per heavy atom. The fourth-order valence-corrected chi connectivity index (χ4v) is 13.6. The number of anilines is 3. The molecule has 4 bridgehead atoms. The molecule has 7 aliphatic rings. The minimum atomic E-state index is 0.110. The van der Waals surface area contributed by atoms with Crippen molar-refractivity contribution in [3.63, 3.8) is 0 Å². The first-order valence-electron chi connectivity index (χ1n) is 21.2. The molecule has 5 atom stereocenters. The largest absolute Gasteiger partial charge is 0.310 e. The highest BCUT2D eigenvalue weighted by molar-refractivity contribution is 5.90. The van der Waals surface area contributed by atoms with Crippen LogP contribution in [-0.2, 0) is 10.8 Å². The summed E-state index contributed by atoms with van der Waals surface area (Å²) in [5.41, 5.74) is 18.8. The molecule has 1 nitrogen and oxygen atoms in total. The van der Waals surface area contributed by atoms with Gasteiger partial charge in [0.2, 0.25) is 0 Å². The number of benzene rings is 6. The molecule has 0 aliphatic heterocycles. The second kappa shape index (κ2) is 11.8. The van der Waals surface area contributed by atoms with E-state index in [9.17, 15) is 0 Å². The second-order valence-corrected chi connectivity index (χ2v) is 18.0. The standard InChI is InChI=1S/C53H49N/c1-3-12-37(13-4-1)38-14-11-15-41(32-38)54(43-22-24-46-44-16-5-7-18-48(44)52(51(46)34-43)26-9-2-10-27-52)42-23-25-50-47(33-42)45-17-6-8-19-49(45)53(50)39-21-20-35-28-36(30-39)31-40(53)29-35/h1,3-8,11-19,22-25,32-36,39-40H,2,9-10,20-21,26-31H2/t35-,36?,39?,40?,53?/m1/s1. The van der Waals surface area contributed by atoms with Crippen LogP contribution < -0.4 is 4.90 Å². The van der Waals surface area contributed by atoms with Crippen LogP contribution in [-0.4, -0.2) is 0 Å². The summed E-state index contributed by atoms with van der Waals surface area (Å²) in [6, 6.07) is 54.3. The van der Waals surface area contributed by atoms with Gasteiger partial charge in [0.25, 0.3) is 0 Å². The molecule has 0 saturated heterocycles. The van der Waals surface area contributed by atoms with Gasteiger partial charge in [-0.05, 0) is 161 Å². The first-order valence-corrected chi connectivity index (χ1v) is 21.2. The lowest BCUT2D eigenvalue weighted by atomic mass is 9.51. The summed E-state index contributed by atoms with van der Waals surface area (Å²) in [6.45, 7) is 0. The average molecular weight is 700 g/mol. The highest BCUT2D eigenvalue weighted by Gasteiger charge is 2.59. The molecule has 0 radical (unpaired) electrons. The van der Waals surface area contributed by atoms with E-state index in [1.165, 1.54) is 121 Å². The molecule has 0 heterocycles. The topological polar surface area (TPSA) is 3.24 Å². The fourth-order valence-electron chi connectivity index (χ4n) is 13.6. The minimum absolute atomic E-state index is 0.110. The Hall–Kier alpha value is -4.88. The number of hydrogen-bond acceptors (Lipinski definition) is 1. The van der Waals surface area contributed by atoms with Gasteiger partial charge in [0.1, 0.15) is 0 Å². The summed E-state index contributed by atoms with van der Waals surface area (Å²) in [6.07, 6.45) is 15.0. The van der Waals surface area contributed by atoms with E-state index in [0.29, 0.717) is 0 Å². The van der Waals surface area contributed by atoms with Crippen LogP contribution in [0.15, 0.2) is 140 Å². The molecular formula is C53H49N. The van der Waals surface area contributed by atoms with Crippen LogP contribution in [0.3, 0.4) is 0 Å². The fraction of sp³-hybridized carbons (Fsp3) is 0.321. The third kappa shape index (κ3) is 4.33. The first-order chi connectivity index (χ1) is 26.7. The summed E-state index contributed by atoms with van der Waals surface area (Å²) in [4.78, 5) is 2.59. The van der Waals surface area contributed by atoms with Crippen molar-refractivity contribution in [3.05, 3.63) is 162 Å². The Morgan fingerprint density at radius 1 is 0.407 bits per heavy atom. The van der Waals surface area contributed by atoms with Gasteiger partial charge in [-0.3, -0.25) is 0 Å². The van der Waals surface area contributed by atoms with Crippen LogP contribution in [0.25, 0.3) is 33.4 Å². The second-order valence-electron chi connectivity index (χ2n) is 18.0. The molecule has 7 aliphatic carbocycles. The number of hydrogen-bond donors (Lipinski definition) is 0. The van der Waals surface area contributed by atoms with Gasteiger partial charge >= 0.3 is 0 Å². The molecular weight excluding hydrogens is 651 g/mol. The van der Waals surface area contributed by atoms with Crippen molar-refractivity contribution in [1.82, 2.24) is 0 Å². The molecule has 4 unspecified atom stereocenters. The van der Waals surface area contributed by atoms with E-state index in [1.807, 2.05) is 0 Å². The quantitative estimate of drug-likeness (QED) is 0.177. The van der Waals surface area contributed by atoms with Crippen molar-refractivity contribution in [3.8, 4) is 33.4 Å². The third-order valence-electron chi connectivity index (χ3n) is 15.5. The molecule has 0 aromatic heterocycles. The zero-order chi connectivity index (χ0) is 35.4. The predicted octanol–water partition coefficient (Wildman–Crippen LogP) is 14.2. The van der Waals surface area contributed by atoms with Gasteiger partial charge in [0.05, 0.1) is 0 Å². The van der Waals surface area contributed by atoms with Gasteiger partial charge in [-0.25, -0.2) is 0 Å². The highest BCUT2D eigenvalue weighted by Crippen LogP contribution is 2.68. The smallest absolute Gasteiger partial charge is 0.0468 e. The lowest BCUT2D eigenvalue weighted by molar-refractivity contribution is 0.0618. The van der Waals surface area contributed by atoms with Crippen LogP contribution in [0.2, 0.25) is 0 Å². The van der Waals surface area contributed by atoms with Crippen molar-refractivity contribution in [1.29, 1.82) is 0 Å². The Labute approximate surface area is 321 Å². The molecule has 2 spiro atoms. The van der Waals surface area contributed by atoms with E-state index >= 15 is 0 Å². The summed E-state index contributed by atoms with van der Waals surface area (Å²) in [7, 11) is 0. The Balaban J connectivity index is 1.06. The highest BCUT2D eigenvalue weighted by atomic mass is 15.1. The van der Waals surface area contributed by atoms with Crippen LogP contribution in [0.4, 0.5) is 17.1 Å². The Kier molecular flexibility index (Phi) is 6.88. The lowest BCUT2D eigenvalue weighted by Crippen LogP contribution is -2.48. The van der Waals surface area contributed by atoms with E-state index in [-0.39, 0.29) is 10.8 Å². The Bertz CT molecular complexity index is 2420. The molecule has 266 valence electrons. The predicted molar refractivity (Wildman–Crippen MR) is 224 cm³/mol. The molecule has 1 heteroatoms. The summed E-state index contributed by atoms with van der Waals surface area (Å²) >= 11 is 0. The van der Waals surface area contributed by atoms with Gasteiger partial charge < -0.3 is 4.90 Å². The monoisotopic (exact) mass is 699 g/mol. The summed E-state index contributed by atoms with van der Waals surface area (Å²) in [5, 5.41) is 0. The number of nitrogens with zero attached hydrogens (tertiary/aromatic N) is 1. The molecule has 13 rings (SSSR count). The molecule has 6 aromatic rings. The normalized spacial score (nSPS) is 26.3. The Morgan fingerprint density at radius 2 is 1.06 bits per heavy atom. The van der Waals surface area contributed by atoms with E-state index in [4.69, 9.17) is 0 Å². The zero-order valence-electron chi connectivity index (χ0n) is 31.3. The van der Waals surface area contributed by atoms with Gasteiger partial charge in [-0.2, -0.15) is 0 Å².